The summed E-state index contributed by atoms with van der Waals surface area (Å²) in [5.74, 6) is 0.326. The second-order valence-corrected chi connectivity index (χ2v) is 5.75. The highest BCUT2D eigenvalue weighted by atomic mass is 16.1. The quantitative estimate of drug-likeness (QED) is 0.729. The van der Waals surface area contributed by atoms with Gasteiger partial charge in [-0.1, -0.05) is 37.3 Å². The zero-order chi connectivity index (χ0) is 17.6. The summed E-state index contributed by atoms with van der Waals surface area (Å²) in [6.07, 6.45) is 3.88. The molecule has 25 heavy (non-hydrogen) atoms. The van der Waals surface area contributed by atoms with E-state index in [0.717, 1.165) is 28.9 Å². The number of amides is 1. The predicted octanol–water partition coefficient (Wildman–Crippen LogP) is 4.34. The molecule has 0 fully saturated rings. The van der Waals surface area contributed by atoms with Crippen LogP contribution in [0, 0.1) is 6.92 Å². The predicted molar refractivity (Wildman–Crippen MR) is 100 cm³/mol. The van der Waals surface area contributed by atoms with Gasteiger partial charge in [-0.15, -0.1) is 0 Å². The zero-order valence-corrected chi connectivity index (χ0v) is 14.3. The minimum Gasteiger partial charge on any atom is -0.339 e. The molecule has 0 spiro atoms. The first kappa shape index (κ1) is 16.6. The van der Waals surface area contributed by atoms with Crippen LogP contribution in [-0.2, 0) is 6.42 Å². The molecule has 0 saturated carbocycles. The second-order valence-electron chi connectivity index (χ2n) is 5.75. The van der Waals surface area contributed by atoms with Crippen LogP contribution in [0.4, 0.5) is 17.2 Å². The van der Waals surface area contributed by atoms with E-state index in [1.54, 1.807) is 6.20 Å². The van der Waals surface area contributed by atoms with Gasteiger partial charge in [-0.25, -0.2) is 9.97 Å². The first-order valence-corrected chi connectivity index (χ1v) is 8.20. The molecule has 126 valence electrons. The molecular formula is C20H20N4O. The van der Waals surface area contributed by atoms with Crippen LogP contribution >= 0.6 is 0 Å². The Labute approximate surface area is 147 Å². The fraction of sp³-hybridized carbons (Fsp3) is 0.150. The summed E-state index contributed by atoms with van der Waals surface area (Å²) in [6.45, 7) is 4.08. The van der Waals surface area contributed by atoms with Crippen LogP contribution in [0.15, 0.2) is 60.9 Å². The molecule has 0 saturated heterocycles. The summed E-state index contributed by atoms with van der Waals surface area (Å²) >= 11 is 0. The fourth-order valence-electron chi connectivity index (χ4n) is 2.52. The Kier molecular flexibility index (Phi) is 5.04. The third kappa shape index (κ3) is 4.20. The molecule has 3 aromatic rings. The van der Waals surface area contributed by atoms with E-state index in [1.165, 1.54) is 6.20 Å². The van der Waals surface area contributed by atoms with Crippen LogP contribution in [0.25, 0.3) is 0 Å². The van der Waals surface area contributed by atoms with Crippen molar-refractivity contribution in [2.75, 3.05) is 10.6 Å². The van der Waals surface area contributed by atoms with E-state index in [2.05, 4.69) is 27.5 Å². The lowest BCUT2D eigenvalue weighted by Gasteiger charge is -2.10. The number of para-hydroxylation sites is 1. The maximum atomic E-state index is 12.4. The number of nitrogens with zero attached hydrogens (tertiary/aromatic N) is 2. The number of benzene rings is 2. The minimum atomic E-state index is -0.268. The van der Waals surface area contributed by atoms with Gasteiger partial charge in [0.05, 0.1) is 12.4 Å². The average Bonchev–Trinajstić information content (AvgIpc) is 2.63. The first-order valence-electron chi connectivity index (χ1n) is 8.20. The number of rotatable bonds is 5. The second kappa shape index (κ2) is 7.57. The van der Waals surface area contributed by atoms with Crippen molar-refractivity contribution in [3.05, 3.63) is 77.7 Å². The number of hydrogen-bond donors (Lipinski definition) is 2. The van der Waals surface area contributed by atoms with Crippen molar-refractivity contribution < 1.29 is 4.79 Å². The van der Waals surface area contributed by atoms with Gasteiger partial charge in [0.25, 0.3) is 5.91 Å². The van der Waals surface area contributed by atoms with Gasteiger partial charge >= 0.3 is 0 Å². The normalized spacial score (nSPS) is 10.3. The number of hydrogen-bond acceptors (Lipinski definition) is 4. The molecule has 1 amide bonds. The van der Waals surface area contributed by atoms with Crippen molar-refractivity contribution >= 4 is 23.1 Å². The summed E-state index contributed by atoms with van der Waals surface area (Å²) in [5, 5.41) is 6.07. The maximum Gasteiger partial charge on any atom is 0.275 e. The van der Waals surface area contributed by atoms with E-state index >= 15 is 0 Å². The number of nitrogens with one attached hydrogen (secondary N) is 2. The monoisotopic (exact) mass is 332 g/mol. The Morgan fingerprint density at radius 2 is 1.88 bits per heavy atom. The number of carbonyl (C=O) groups is 1. The van der Waals surface area contributed by atoms with E-state index in [4.69, 9.17) is 0 Å². The standard InChI is InChI=1S/C20H20N4O/c1-3-15-8-4-5-10-17(15)24-20(25)18-12-22-19(13-21-18)23-16-9-6-7-14(2)11-16/h4-13H,3H2,1-2H3,(H,22,23)(H,24,25). The van der Waals surface area contributed by atoms with E-state index < -0.39 is 0 Å². The average molecular weight is 332 g/mol. The van der Waals surface area contributed by atoms with E-state index in [0.29, 0.717) is 5.82 Å². The van der Waals surface area contributed by atoms with Crippen molar-refractivity contribution in [2.45, 2.75) is 20.3 Å². The highest BCUT2D eigenvalue weighted by molar-refractivity contribution is 6.03. The van der Waals surface area contributed by atoms with Crippen LogP contribution in [0.3, 0.4) is 0 Å². The Hall–Kier alpha value is -3.21. The molecule has 5 nitrogen and oxygen atoms in total. The molecule has 0 unspecified atom stereocenters. The summed E-state index contributed by atoms with van der Waals surface area (Å²) in [5.41, 5.74) is 4.26. The Morgan fingerprint density at radius 3 is 2.60 bits per heavy atom. The molecule has 0 atom stereocenters. The van der Waals surface area contributed by atoms with Crippen LogP contribution in [-0.4, -0.2) is 15.9 Å². The SMILES string of the molecule is CCc1ccccc1NC(=O)c1cnc(Nc2cccc(C)c2)cn1. The van der Waals surface area contributed by atoms with E-state index in [-0.39, 0.29) is 11.6 Å². The van der Waals surface area contributed by atoms with Crippen LogP contribution < -0.4 is 10.6 Å². The third-order valence-electron chi connectivity index (χ3n) is 3.82. The van der Waals surface area contributed by atoms with Gasteiger partial charge in [0.1, 0.15) is 11.5 Å². The number of carbonyl (C=O) groups excluding carboxylic acids is 1. The molecule has 0 bridgehead atoms. The molecule has 0 aliphatic rings. The number of anilines is 3. The summed E-state index contributed by atoms with van der Waals surface area (Å²) in [7, 11) is 0. The first-order chi connectivity index (χ1) is 12.2. The molecule has 2 N–H and O–H groups in total. The van der Waals surface area contributed by atoms with E-state index in [1.807, 2.05) is 55.5 Å². The lowest BCUT2D eigenvalue weighted by Crippen LogP contribution is -2.15. The number of aromatic nitrogens is 2. The van der Waals surface area contributed by atoms with Crippen LogP contribution in [0.1, 0.15) is 28.5 Å². The van der Waals surface area contributed by atoms with Crippen LogP contribution in [0.2, 0.25) is 0 Å². The summed E-state index contributed by atoms with van der Waals surface area (Å²) in [4.78, 5) is 20.8. The molecule has 0 aliphatic heterocycles. The highest BCUT2D eigenvalue weighted by Gasteiger charge is 2.10. The van der Waals surface area contributed by atoms with Gasteiger partial charge in [-0.05, 0) is 42.7 Å². The van der Waals surface area contributed by atoms with Crippen molar-refractivity contribution in [3.8, 4) is 0 Å². The Bertz CT molecular complexity index is 875. The van der Waals surface area contributed by atoms with Crippen molar-refractivity contribution in [2.24, 2.45) is 0 Å². The maximum absolute atomic E-state index is 12.4. The lowest BCUT2D eigenvalue weighted by molar-refractivity contribution is 0.102. The van der Waals surface area contributed by atoms with Gasteiger partial charge < -0.3 is 10.6 Å². The van der Waals surface area contributed by atoms with Crippen molar-refractivity contribution in [1.29, 1.82) is 0 Å². The molecule has 5 heteroatoms. The summed E-state index contributed by atoms with van der Waals surface area (Å²) < 4.78 is 0. The van der Waals surface area contributed by atoms with Crippen molar-refractivity contribution in [3.63, 3.8) is 0 Å². The summed E-state index contributed by atoms with van der Waals surface area (Å²) in [6, 6.07) is 15.7. The molecular weight excluding hydrogens is 312 g/mol. The van der Waals surface area contributed by atoms with Crippen LogP contribution in [0.5, 0.6) is 0 Å². The lowest BCUT2D eigenvalue weighted by atomic mass is 10.1. The van der Waals surface area contributed by atoms with Gasteiger partial charge in [-0.3, -0.25) is 4.79 Å². The zero-order valence-electron chi connectivity index (χ0n) is 14.3. The molecule has 0 aliphatic carbocycles. The highest BCUT2D eigenvalue weighted by Crippen LogP contribution is 2.17. The van der Waals surface area contributed by atoms with Gasteiger partial charge in [-0.2, -0.15) is 0 Å². The molecule has 0 radical (unpaired) electrons. The Balaban J connectivity index is 1.70. The molecule has 3 rings (SSSR count). The minimum absolute atomic E-state index is 0.268. The topological polar surface area (TPSA) is 66.9 Å². The van der Waals surface area contributed by atoms with Gasteiger partial charge in [0.2, 0.25) is 0 Å². The third-order valence-corrected chi connectivity index (χ3v) is 3.82. The van der Waals surface area contributed by atoms with Crippen molar-refractivity contribution in [1.82, 2.24) is 9.97 Å². The fourth-order valence-corrected chi connectivity index (χ4v) is 2.52. The van der Waals surface area contributed by atoms with E-state index in [9.17, 15) is 4.79 Å². The van der Waals surface area contributed by atoms with Gasteiger partial charge in [0.15, 0.2) is 0 Å². The molecule has 2 aromatic carbocycles. The molecule has 1 heterocycles. The van der Waals surface area contributed by atoms with Gasteiger partial charge in [0, 0.05) is 11.4 Å². The molecule has 1 aromatic heterocycles. The number of aryl methyl sites for hydroxylation is 2. The largest absolute Gasteiger partial charge is 0.339 e. The Morgan fingerprint density at radius 1 is 1.04 bits per heavy atom. The smallest absolute Gasteiger partial charge is 0.275 e.